The summed E-state index contributed by atoms with van der Waals surface area (Å²) in [6.45, 7) is 4.05. The standard InChI is InChI=1S/C19H18ClN3/c20-17-2-1-3-18(13-17)22-8-10-23(11-9-22)19-5-4-16-14-21-7-6-15(16)12-19/h1-7,12-14H,8-11H2. The quantitative estimate of drug-likeness (QED) is 0.704. The van der Waals surface area contributed by atoms with E-state index in [4.69, 9.17) is 11.6 Å². The molecule has 1 saturated heterocycles. The lowest BCUT2D eigenvalue weighted by molar-refractivity contribution is 0.654. The summed E-state index contributed by atoms with van der Waals surface area (Å²) in [5.41, 5.74) is 2.50. The van der Waals surface area contributed by atoms with Crippen LogP contribution in [-0.2, 0) is 0 Å². The number of piperazine rings is 1. The van der Waals surface area contributed by atoms with Crippen molar-refractivity contribution in [3.63, 3.8) is 0 Å². The monoisotopic (exact) mass is 323 g/mol. The number of anilines is 2. The fraction of sp³-hybridized carbons (Fsp3) is 0.211. The molecule has 0 atom stereocenters. The number of fused-ring (bicyclic) bond motifs is 1. The minimum absolute atomic E-state index is 0.799. The SMILES string of the molecule is Clc1cccc(N2CCN(c3ccc4cnccc4c3)CC2)c1. The topological polar surface area (TPSA) is 19.4 Å². The Labute approximate surface area is 141 Å². The van der Waals surface area contributed by atoms with Crippen LogP contribution in [0.5, 0.6) is 0 Å². The first kappa shape index (κ1) is 14.3. The van der Waals surface area contributed by atoms with Crippen molar-refractivity contribution in [3.05, 3.63) is 65.9 Å². The van der Waals surface area contributed by atoms with Crippen molar-refractivity contribution in [2.75, 3.05) is 36.0 Å². The van der Waals surface area contributed by atoms with Gasteiger partial charge in [-0.15, -0.1) is 0 Å². The average molecular weight is 324 g/mol. The lowest BCUT2D eigenvalue weighted by Crippen LogP contribution is -2.46. The van der Waals surface area contributed by atoms with Crippen LogP contribution in [0.4, 0.5) is 11.4 Å². The first-order chi connectivity index (χ1) is 11.3. The Kier molecular flexibility index (Phi) is 3.80. The van der Waals surface area contributed by atoms with E-state index in [9.17, 15) is 0 Å². The summed E-state index contributed by atoms with van der Waals surface area (Å²) in [6, 6.07) is 16.8. The van der Waals surface area contributed by atoms with Gasteiger partial charge in [-0.05, 0) is 41.8 Å². The third kappa shape index (κ3) is 2.97. The summed E-state index contributed by atoms with van der Waals surface area (Å²) in [4.78, 5) is 9.02. The molecule has 0 bridgehead atoms. The van der Waals surface area contributed by atoms with Crippen molar-refractivity contribution in [1.29, 1.82) is 0 Å². The number of halogens is 1. The molecule has 1 aliphatic rings. The Hall–Kier alpha value is -2.26. The van der Waals surface area contributed by atoms with Crippen LogP contribution >= 0.6 is 11.6 Å². The molecule has 0 unspecified atom stereocenters. The largest absolute Gasteiger partial charge is 0.368 e. The molecule has 4 heteroatoms. The van der Waals surface area contributed by atoms with Gasteiger partial charge in [0.2, 0.25) is 0 Å². The minimum Gasteiger partial charge on any atom is -0.368 e. The molecule has 1 aliphatic heterocycles. The van der Waals surface area contributed by atoms with Crippen molar-refractivity contribution in [3.8, 4) is 0 Å². The van der Waals surface area contributed by atoms with E-state index in [-0.39, 0.29) is 0 Å². The van der Waals surface area contributed by atoms with Crippen molar-refractivity contribution in [2.45, 2.75) is 0 Å². The fourth-order valence-corrected chi connectivity index (χ4v) is 3.35. The molecule has 116 valence electrons. The van der Waals surface area contributed by atoms with Gasteiger partial charge in [0.25, 0.3) is 0 Å². The Bertz CT molecular complexity index is 825. The van der Waals surface area contributed by atoms with E-state index in [1.54, 1.807) is 0 Å². The molecule has 0 aliphatic carbocycles. The molecule has 0 radical (unpaired) electrons. The molecule has 0 saturated carbocycles. The molecule has 0 amide bonds. The van der Waals surface area contributed by atoms with E-state index >= 15 is 0 Å². The van der Waals surface area contributed by atoms with E-state index in [1.807, 2.05) is 30.6 Å². The third-order valence-electron chi connectivity index (χ3n) is 4.44. The van der Waals surface area contributed by atoms with Gasteiger partial charge in [-0.3, -0.25) is 4.98 Å². The highest BCUT2D eigenvalue weighted by molar-refractivity contribution is 6.30. The summed E-state index contributed by atoms with van der Waals surface area (Å²) < 4.78 is 0. The number of nitrogens with zero attached hydrogens (tertiary/aromatic N) is 3. The maximum atomic E-state index is 6.10. The average Bonchev–Trinajstić information content (AvgIpc) is 2.61. The minimum atomic E-state index is 0.799. The van der Waals surface area contributed by atoms with Crippen LogP contribution in [0.2, 0.25) is 5.02 Å². The Balaban J connectivity index is 1.50. The zero-order valence-electron chi connectivity index (χ0n) is 12.8. The number of benzene rings is 2. The second-order valence-corrected chi connectivity index (χ2v) is 6.30. The van der Waals surface area contributed by atoms with Gasteiger partial charge in [-0.2, -0.15) is 0 Å². The lowest BCUT2D eigenvalue weighted by atomic mass is 10.1. The van der Waals surface area contributed by atoms with Crippen molar-refractivity contribution in [2.24, 2.45) is 0 Å². The molecule has 2 aromatic carbocycles. The molecule has 2 heterocycles. The van der Waals surface area contributed by atoms with E-state index in [0.717, 1.165) is 31.2 Å². The van der Waals surface area contributed by atoms with Gasteiger partial charge in [0.1, 0.15) is 0 Å². The summed E-state index contributed by atoms with van der Waals surface area (Å²) in [5, 5.41) is 3.23. The zero-order valence-corrected chi connectivity index (χ0v) is 13.6. The highest BCUT2D eigenvalue weighted by Gasteiger charge is 2.17. The van der Waals surface area contributed by atoms with Crippen LogP contribution in [-0.4, -0.2) is 31.2 Å². The molecule has 3 nitrogen and oxygen atoms in total. The van der Waals surface area contributed by atoms with Crippen molar-refractivity contribution < 1.29 is 0 Å². The molecule has 4 rings (SSSR count). The van der Waals surface area contributed by atoms with Crippen LogP contribution < -0.4 is 9.80 Å². The number of hydrogen-bond acceptors (Lipinski definition) is 3. The van der Waals surface area contributed by atoms with Crippen molar-refractivity contribution >= 4 is 33.7 Å². The lowest BCUT2D eigenvalue weighted by Gasteiger charge is -2.37. The van der Waals surface area contributed by atoms with Crippen molar-refractivity contribution in [1.82, 2.24) is 4.98 Å². The summed E-state index contributed by atoms with van der Waals surface area (Å²) in [5.74, 6) is 0. The Morgan fingerprint density at radius 1 is 0.783 bits per heavy atom. The molecule has 1 fully saturated rings. The normalized spacial score (nSPS) is 15.2. The van der Waals surface area contributed by atoms with Gasteiger partial charge >= 0.3 is 0 Å². The van der Waals surface area contributed by atoms with Gasteiger partial charge in [0, 0.05) is 60.4 Å². The van der Waals surface area contributed by atoms with Crippen LogP contribution in [0.3, 0.4) is 0 Å². The predicted molar refractivity (Wildman–Crippen MR) is 97.6 cm³/mol. The predicted octanol–water partition coefficient (Wildman–Crippen LogP) is 4.21. The van der Waals surface area contributed by atoms with Gasteiger partial charge in [-0.1, -0.05) is 23.7 Å². The highest BCUT2D eigenvalue weighted by Crippen LogP contribution is 2.25. The molecule has 3 aromatic rings. The van der Waals surface area contributed by atoms with E-state index in [1.165, 1.54) is 22.1 Å². The van der Waals surface area contributed by atoms with E-state index < -0.39 is 0 Å². The Morgan fingerprint density at radius 2 is 1.52 bits per heavy atom. The Morgan fingerprint density at radius 3 is 2.26 bits per heavy atom. The first-order valence-electron chi connectivity index (χ1n) is 7.89. The highest BCUT2D eigenvalue weighted by atomic mass is 35.5. The smallest absolute Gasteiger partial charge is 0.0426 e. The molecule has 0 N–H and O–H groups in total. The maximum Gasteiger partial charge on any atom is 0.0426 e. The molecular formula is C19H18ClN3. The number of hydrogen-bond donors (Lipinski definition) is 0. The van der Waals surface area contributed by atoms with E-state index in [2.05, 4.69) is 45.1 Å². The van der Waals surface area contributed by atoms with Crippen LogP contribution in [0.1, 0.15) is 0 Å². The van der Waals surface area contributed by atoms with Gasteiger partial charge in [-0.25, -0.2) is 0 Å². The van der Waals surface area contributed by atoms with E-state index in [0.29, 0.717) is 0 Å². The maximum absolute atomic E-state index is 6.10. The number of rotatable bonds is 2. The summed E-state index contributed by atoms with van der Waals surface area (Å²) >= 11 is 6.10. The zero-order chi connectivity index (χ0) is 15.6. The molecule has 23 heavy (non-hydrogen) atoms. The molecule has 0 spiro atoms. The summed E-state index contributed by atoms with van der Waals surface area (Å²) in [6.07, 6.45) is 3.76. The third-order valence-corrected chi connectivity index (χ3v) is 4.68. The van der Waals surface area contributed by atoms with Crippen LogP contribution in [0.15, 0.2) is 60.9 Å². The first-order valence-corrected chi connectivity index (χ1v) is 8.27. The van der Waals surface area contributed by atoms with Crippen LogP contribution in [0.25, 0.3) is 10.8 Å². The second kappa shape index (κ2) is 6.09. The molecular weight excluding hydrogens is 306 g/mol. The molecule has 1 aromatic heterocycles. The van der Waals surface area contributed by atoms with Gasteiger partial charge < -0.3 is 9.80 Å². The second-order valence-electron chi connectivity index (χ2n) is 5.86. The summed E-state index contributed by atoms with van der Waals surface area (Å²) in [7, 11) is 0. The fourth-order valence-electron chi connectivity index (χ4n) is 3.16. The van der Waals surface area contributed by atoms with Gasteiger partial charge in [0.05, 0.1) is 0 Å². The van der Waals surface area contributed by atoms with Gasteiger partial charge in [0.15, 0.2) is 0 Å². The number of aromatic nitrogens is 1. The van der Waals surface area contributed by atoms with Crippen LogP contribution in [0, 0.1) is 0 Å². The number of pyridine rings is 1.